The van der Waals surface area contributed by atoms with Gasteiger partial charge >= 0.3 is 0 Å². The van der Waals surface area contributed by atoms with Crippen molar-refractivity contribution in [1.82, 2.24) is 6.15 Å². The first kappa shape index (κ1) is 9.62. The third-order valence-electron chi connectivity index (χ3n) is 2.63. The lowest BCUT2D eigenvalue weighted by atomic mass is 10.1. The fourth-order valence-electron chi connectivity index (χ4n) is 1.98. The summed E-state index contributed by atoms with van der Waals surface area (Å²) in [5, 5.41) is 0. The second-order valence-corrected chi connectivity index (χ2v) is 3.42. The van der Waals surface area contributed by atoms with Crippen molar-refractivity contribution in [2.24, 2.45) is 0 Å². The Kier molecular flexibility index (Phi) is 2.14. The van der Waals surface area contributed by atoms with E-state index in [-0.39, 0.29) is 11.9 Å². The van der Waals surface area contributed by atoms with Crippen molar-refractivity contribution in [3.05, 3.63) is 59.7 Å². The van der Waals surface area contributed by atoms with Crippen LogP contribution in [0.4, 0.5) is 0 Å². The van der Waals surface area contributed by atoms with Crippen LogP contribution in [0.1, 0.15) is 15.9 Å². The Bertz CT molecular complexity index is 484. The Balaban J connectivity index is 0.000000853. The monoisotopic (exact) mass is 197 g/mol. The molecule has 0 fully saturated rings. The molecule has 0 amide bonds. The molecule has 74 valence electrons. The van der Waals surface area contributed by atoms with Crippen LogP contribution >= 0.6 is 0 Å². The number of fused-ring (bicyclic) bond motifs is 3. The number of carbonyl (C=O) groups is 1. The van der Waals surface area contributed by atoms with E-state index < -0.39 is 0 Å². The zero-order valence-electron chi connectivity index (χ0n) is 8.23. The van der Waals surface area contributed by atoms with E-state index in [2.05, 4.69) is 0 Å². The van der Waals surface area contributed by atoms with Crippen molar-refractivity contribution in [3.8, 4) is 11.1 Å². The molecule has 0 aromatic heterocycles. The highest BCUT2D eigenvalue weighted by Crippen LogP contribution is 2.35. The Morgan fingerprint density at radius 1 is 0.600 bits per heavy atom. The number of ketones is 1. The lowest BCUT2D eigenvalue weighted by molar-refractivity contribution is 0.104. The van der Waals surface area contributed by atoms with Crippen molar-refractivity contribution < 1.29 is 4.79 Å². The zero-order valence-corrected chi connectivity index (χ0v) is 8.23. The highest BCUT2D eigenvalue weighted by Gasteiger charge is 2.24. The van der Waals surface area contributed by atoms with E-state index in [1.807, 2.05) is 48.5 Å². The van der Waals surface area contributed by atoms with Gasteiger partial charge in [0, 0.05) is 11.1 Å². The van der Waals surface area contributed by atoms with Crippen LogP contribution in [0.25, 0.3) is 11.1 Å². The second-order valence-electron chi connectivity index (χ2n) is 3.42. The van der Waals surface area contributed by atoms with Gasteiger partial charge < -0.3 is 6.15 Å². The van der Waals surface area contributed by atoms with Gasteiger partial charge in [-0.2, -0.15) is 0 Å². The summed E-state index contributed by atoms with van der Waals surface area (Å²) in [7, 11) is 0. The summed E-state index contributed by atoms with van der Waals surface area (Å²) in [5.74, 6) is 0.149. The SMILES string of the molecule is N.O=C1c2ccccc2-c2ccccc21. The van der Waals surface area contributed by atoms with E-state index in [1.54, 1.807) is 0 Å². The van der Waals surface area contributed by atoms with Crippen molar-refractivity contribution in [3.63, 3.8) is 0 Å². The van der Waals surface area contributed by atoms with E-state index in [9.17, 15) is 4.79 Å². The minimum absolute atomic E-state index is 0. The van der Waals surface area contributed by atoms with Crippen molar-refractivity contribution in [2.45, 2.75) is 0 Å². The maximum Gasteiger partial charge on any atom is 0.194 e. The maximum absolute atomic E-state index is 11.9. The summed E-state index contributed by atoms with van der Waals surface area (Å²) in [5.41, 5.74) is 3.78. The van der Waals surface area contributed by atoms with Crippen LogP contribution in [0.5, 0.6) is 0 Å². The molecule has 3 rings (SSSR count). The van der Waals surface area contributed by atoms with Crippen molar-refractivity contribution in [1.29, 1.82) is 0 Å². The first-order valence-corrected chi connectivity index (χ1v) is 4.61. The summed E-state index contributed by atoms with van der Waals surface area (Å²) >= 11 is 0. The highest BCUT2D eigenvalue weighted by molar-refractivity contribution is 6.21. The van der Waals surface area contributed by atoms with Crippen LogP contribution in [0.2, 0.25) is 0 Å². The second kappa shape index (κ2) is 3.33. The fraction of sp³-hybridized carbons (Fsp3) is 0. The molecule has 2 nitrogen and oxygen atoms in total. The van der Waals surface area contributed by atoms with Crippen LogP contribution < -0.4 is 6.15 Å². The molecule has 15 heavy (non-hydrogen) atoms. The van der Waals surface area contributed by atoms with Crippen LogP contribution in [0.3, 0.4) is 0 Å². The van der Waals surface area contributed by atoms with Gasteiger partial charge in [0.15, 0.2) is 5.78 Å². The minimum Gasteiger partial charge on any atom is -0.344 e. The van der Waals surface area contributed by atoms with Crippen molar-refractivity contribution in [2.75, 3.05) is 0 Å². The molecule has 0 saturated heterocycles. The van der Waals surface area contributed by atoms with Gasteiger partial charge in [0.1, 0.15) is 0 Å². The number of carbonyl (C=O) groups excluding carboxylic acids is 1. The lowest BCUT2D eigenvalue weighted by Crippen LogP contribution is -1.93. The predicted octanol–water partition coefficient (Wildman–Crippen LogP) is 3.06. The third kappa shape index (κ3) is 1.19. The quantitative estimate of drug-likeness (QED) is 0.602. The Labute approximate surface area is 88.1 Å². The minimum atomic E-state index is 0. The molecular weight excluding hydrogens is 186 g/mol. The van der Waals surface area contributed by atoms with E-state index in [0.29, 0.717) is 0 Å². The van der Waals surface area contributed by atoms with Gasteiger partial charge in [-0.25, -0.2) is 0 Å². The molecular formula is C13H11NO. The molecule has 1 aliphatic carbocycles. The number of hydrogen-bond acceptors (Lipinski definition) is 2. The summed E-state index contributed by atoms with van der Waals surface area (Å²) < 4.78 is 0. The molecule has 0 radical (unpaired) electrons. The molecule has 0 unspecified atom stereocenters. The maximum atomic E-state index is 11.9. The van der Waals surface area contributed by atoms with Crippen LogP contribution in [0.15, 0.2) is 48.5 Å². The molecule has 0 heterocycles. The lowest BCUT2D eigenvalue weighted by Gasteiger charge is -1.96. The van der Waals surface area contributed by atoms with E-state index >= 15 is 0 Å². The molecule has 0 atom stereocenters. The molecule has 0 aliphatic heterocycles. The van der Waals surface area contributed by atoms with Gasteiger partial charge in [0.25, 0.3) is 0 Å². The largest absolute Gasteiger partial charge is 0.344 e. The summed E-state index contributed by atoms with van der Waals surface area (Å²) in [6.07, 6.45) is 0. The number of rotatable bonds is 0. The number of benzene rings is 2. The predicted molar refractivity (Wildman–Crippen MR) is 60.3 cm³/mol. The molecule has 0 saturated carbocycles. The Hall–Kier alpha value is -1.93. The smallest absolute Gasteiger partial charge is 0.194 e. The first-order valence-electron chi connectivity index (χ1n) is 4.61. The van der Waals surface area contributed by atoms with Crippen LogP contribution in [-0.2, 0) is 0 Å². The average Bonchev–Trinajstić information content (AvgIpc) is 2.55. The molecule has 0 spiro atoms. The van der Waals surface area contributed by atoms with E-state index in [4.69, 9.17) is 0 Å². The first-order chi connectivity index (χ1) is 6.88. The average molecular weight is 197 g/mol. The van der Waals surface area contributed by atoms with E-state index in [1.165, 1.54) is 0 Å². The van der Waals surface area contributed by atoms with Gasteiger partial charge in [-0.05, 0) is 11.1 Å². The Morgan fingerprint density at radius 3 is 1.33 bits per heavy atom. The molecule has 0 bridgehead atoms. The summed E-state index contributed by atoms with van der Waals surface area (Å²) in [6.45, 7) is 0. The standard InChI is InChI=1S/C13H8O.H3N/c14-13-11-7-3-1-5-9(11)10-6-2-4-8-12(10)13;/h1-8H;1H3. The topological polar surface area (TPSA) is 52.1 Å². The third-order valence-corrected chi connectivity index (χ3v) is 2.63. The van der Waals surface area contributed by atoms with Crippen LogP contribution in [-0.4, -0.2) is 5.78 Å². The van der Waals surface area contributed by atoms with Gasteiger partial charge in [0.2, 0.25) is 0 Å². The molecule has 1 aliphatic rings. The Morgan fingerprint density at radius 2 is 0.933 bits per heavy atom. The van der Waals surface area contributed by atoms with Gasteiger partial charge in [-0.3, -0.25) is 4.79 Å². The molecule has 3 N–H and O–H groups in total. The van der Waals surface area contributed by atoms with Crippen molar-refractivity contribution >= 4 is 5.78 Å². The van der Waals surface area contributed by atoms with Crippen LogP contribution in [0, 0.1) is 0 Å². The molecule has 2 aromatic carbocycles. The van der Waals surface area contributed by atoms with E-state index in [0.717, 1.165) is 22.3 Å². The number of hydrogen-bond donors (Lipinski definition) is 1. The van der Waals surface area contributed by atoms with Gasteiger partial charge in [-0.1, -0.05) is 48.5 Å². The summed E-state index contributed by atoms with van der Waals surface area (Å²) in [4.78, 5) is 11.9. The molecule has 2 aromatic rings. The van der Waals surface area contributed by atoms with Gasteiger partial charge in [0.05, 0.1) is 0 Å². The van der Waals surface area contributed by atoms with Gasteiger partial charge in [-0.15, -0.1) is 0 Å². The summed E-state index contributed by atoms with van der Waals surface area (Å²) in [6, 6.07) is 15.5. The normalized spacial score (nSPS) is 11.6. The highest BCUT2D eigenvalue weighted by atomic mass is 16.1. The fourth-order valence-corrected chi connectivity index (χ4v) is 1.98. The zero-order chi connectivity index (χ0) is 9.54. The molecule has 2 heteroatoms.